The molecule has 0 amide bonds. The summed E-state index contributed by atoms with van der Waals surface area (Å²) in [4.78, 5) is 0. The zero-order valence-corrected chi connectivity index (χ0v) is 42.8. The quantitative estimate of drug-likeness (QED) is 0.0614. The van der Waals surface area contributed by atoms with Crippen molar-refractivity contribution in [2.75, 3.05) is 0 Å². The summed E-state index contributed by atoms with van der Waals surface area (Å²) in [5, 5.41) is 0. The van der Waals surface area contributed by atoms with E-state index in [9.17, 15) is 0 Å². The highest BCUT2D eigenvalue weighted by Gasteiger charge is 2.20. The van der Waals surface area contributed by atoms with Crippen molar-refractivity contribution in [2.24, 2.45) is 23.7 Å². The van der Waals surface area contributed by atoms with Gasteiger partial charge in [0.05, 0.1) is 0 Å². The van der Waals surface area contributed by atoms with Gasteiger partial charge < -0.3 is 0 Å². The van der Waals surface area contributed by atoms with Crippen molar-refractivity contribution in [2.45, 2.75) is 290 Å². The Morgan fingerprint density at radius 2 is 1.17 bits per heavy atom. The number of allylic oxidation sites excluding steroid dienone is 4. The highest BCUT2D eigenvalue weighted by atomic mass is 14.3. The molecule has 0 aliphatic heterocycles. The van der Waals surface area contributed by atoms with E-state index in [0.717, 1.165) is 30.1 Å². The molecule has 0 heteroatoms. The number of benzene rings is 1. The molecule has 0 nitrogen and oxygen atoms in total. The van der Waals surface area contributed by atoms with Crippen molar-refractivity contribution in [3.05, 3.63) is 52.1 Å². The maximum atomic E-state index is 2.52. The fraction of sp³-hybridized carbons (Fsp3) is 0.828. The van der Waals surface area contributed by atoms with Crippen LogP contribution >= 0.6 is 0 Å². The van der Waals surface area contributed by atoms with Crippen molar-refractivity contribution < 1.29 is 0 Å². The smallest absolute Gasteiger partial charge is 0.0165 e. The van der Waals surface area contributed by atoms with E-state index < -0.39 is 0 Å². The van der Waals surface area contributed by atoms with Gasteiger partial charge in [-0.1, -0.05) is 267 Å². The molecule has 2 saturated carbocycles. The second kappa shape index (κ2) is 42.4. The number of aryl methyl sites for hydroxylation is 3. The fourth-order valence-electron chi connectivity index (χ4n) is 8.70. The van der Waals surface area contributed by atoms with Gasteiger partial charge in [0, 0.05) is 0 Å². The lowest BCUT2D eigenvalue weighted by Gasteiger charge is -2.24. The first-order valence-electron chi connectivity index (χ1n) is 26.7. The van der Waals surface area contributed by atoms with Crippen LogP contribution in [0.2, 0.25) is 0 Å². The van der Waals surface area contributed by atoms with Gasteiger partial charge in [0.25, 0.3) is 0 Å². The van der Waals surface area contributed by atoms with Crippen LogP contribution in [0, 0.1) is 37.5 Å². The predicted octanol–water partition coefficient (Wildman–Crippen LogP) is 21.1. The van der Waals surface area contributed by atoms with Gasteiger partial charge in [0.15, 0.2) is 0 Å². The van der Waals surface area contributed by atoms with Gasteiger partial charge in [-0.15, -0.1) is 0 Å². The molecule has 0 heterocycles. The van der Waals surface area contributed by atoms with Crippen LogP contribution in [-0.2, 0) is 6.42 Å². The number of unbranched alkanes of at least 4 members (excludes halogenated alkanes) is 12. The van der Waals surface area contributed by atoms with Crippen LogP contribution in [0.15, 0.2) is 29.9 Å². The lowest BCUT2D eigenvalue weighted by Crippen LogP contribution is -2.08. The Bertz CT molecular complexity index is 1060. The summed E-state index contributed by atoms with van der Waals surface area (Å²) in [6, 6.07) is 4.79. The summed E-state index contributed by atoms with van der Waals surface area (Å²) in [6.45, 7) is 31.0. The Balaban J connectivity index is 0. The molecule has 1 aromatic carbocycles. The molecule has 0 bridgehead atoms. The van der Waals surface area contributed by atoms with Crippen LogP contribution in [0.25, 0.3) is 5.57 Å². The van der Waals surface area contributed by atoms with E-state index in [-0.39, 0.29) is 0 Å². The van der Waals surface area contributed by atoms with Crippen LogP contribution < -0.4 is 0 Å². The Morgan fingerprint density at radius 1 is 0.603 bits per heavy atom. The van der Waals surface area contributed by atoms with Crippen molar-refractivity contribution in [3.63, 3.8) is 0 Å². The fourth-order valence-corrected chi connectivity index (χ4v) is 8.70. The summed E-state index contributed by atoms with van der Waals surface area (Å²) in [6.07, 6.45) is 47.8. The van der Waals surface area contributed by atoms with Crippen LogP contribution in [-0.4, -0.2) is 0 Å². The molecule has 0 N–H and O–H groups in total. The SMILES string of the molecule is CC.CC.CCC/C=C(/C=C(/C)c1cc(CC)c(C)cc1C)C1CCCCC1.CCCCCC(CCC)CCC(C)CC.CCCCCCCCCCCCC1CC1. The van der Waals surface area contributed by atoms with Gasteiger partial charge in [-0.2, -0.15) is 0 Å². The molecule has 0 radical (unpaired) electrons. The molecular weight excluding hydrogens is 697 g/mol. The lowest BCUT2D eigenvalue weighted by atomic mass is 9.82. The molecule has 2 aliphatic rings. The molecule has 58 heavy (non-hydrogen) atoms. The number of hydrogen-bond donors (Lipinski definition) is 0. The van der Waals surface area contributed by atoms with Crippen molar-refractivity contribution in [3.8, 4) is 0 Å². The molecule has 3 rings (SSSR count). The van der Waals surface area contributed by atoms with E-state index in [4.69, 9.17) is 0 Å². The van der Waals surface area contributed by atoms with Gasteiger partial charge in [0.1, 0.15) is 0 Å². The van der Waals surface area contributed by atoms with Gasteiger partial charge in [-0.05, 0) is 104 Å². The molecule has 2 fully saturated rings. The van der Waals surface area contributed by atoms with Crippen LogP contribution in [0.3, 0.4) is 0 Å². The standard InChI is InChI=1S/C24H36.C15H30.C15H32.2C2H6/c1-6-8-12-23(22-13-10-9-11-14-22)16-20(5)24-17-21(7-2)18(3)15-19(24)4;1-2-3-4-5-6-7-8-9-10-11-12-15-13-14-15;1-5-8-9-11-15(10-6-2)13-12-14(4)7-3;2*1-2/h12,15-17,22H,6-11,13-14H2,1-5H3;15H,2-14H2,1H3;14-15H,5-13H2,1-4H3;2*1-2H3/b20-16-,23-12-;;;;. The monoisotopic (exact) mass is 807 g/mol. The van der Waals surface area contributed by atoms with Crippen LogP contribution in [0.5, 0.6) is 0 Å². The number of hydrogen-bond acceptors (Lipinski definition) is 0. The summed E-state index contributed by atoms with van der Waals surface area (Å²) in [5.74, 6) is 3.90. The average Bonchev–Trinajstić information content (AvgIpc) is 4.09. The minimum atomic E-state index is 0.789. The summed E-state index contributed by atoms with van der Waals surface area (Å²) in [5.41, 5.74) is 8.82. The Morgan fingerprint density at radius 3 is 1.69 bits per heavy atom. The largest absolute Gasteiger partial charge is 0.0810 e. The van der Waals surface area contributed by atoms with E-state index >= 15 is 0 Å². The maximum absolute atomic E-state index is 2.52. The minimum Gasteiger partial charge on any atom is -0.0810 e. The Kier molecular flexibility index (Phi) is 43.0. The number of rotatable bonds is 27. The molecule has 342 valence electrons. The minimum absolute atomic E-state index is 0.789. The first kappa shape index (κ1) is 58.8. The molecule has 0 saturated heterocycles. The third-order valence-corrected chi connectivity index (χ3v) is 13.0. The highest BCUT2D eigenvalue weighted by Crippen LogP contribution is 2.35. The second-order valence-corrected chi connectivity index (χ2v) is 18.3. The zero-order valence-electron chi connectivity index (χ0n) is 42.8. The van der Waals surface area contributed by atoms with E-state index in [1.807, 2.05) is 27.7 Å². The Hall–Kier alpha value is -1.30. The van der Waals surface area contributed by atoms with Crippen molar-refractivity contribution in [1.29, 1.82) is 0 Å². The third kappa shape index (κ3) is 31.6. The van der Waals surface area contributed by atoms with Crippen molar-refractivity contribution >= 4 is 5.57 Å². The third-order valence-electron chi connectivity index (χ3n) is 13.0. The van der Waals surface area contributed by atoms with Gasteiger partial charge in [-0.3, -0.25) is 0 Å². The molecule has 2 aliphatic carbocycles. The van der Waals surface area contributed by atoms with Crippen LogP contribution in [0.1, 0.15) is 292 Å². The first-order chi connectivity index (χ1) is 28.2. The summed E-state index contributed by atoms with van der Waals surface area (Å²) >= 11 is 0. The zero-order chi connectivity index (χ0) is 43.8. The predicted molar refractivity (Wildman–Crippen MR) is 272 cm³/mol. The molecule has 0 spiro atoms. The molecule has 2 unspecified atom stereocenters. The first-order valence-corrected chi connectivity index (χ1v) is 26.7. The second-order valence-electron chi connectivity index (χ2n) is 18.3. The van der Waals surface area contributed by atoms with E-state index in [0.29, 0.717) is 0 Å². The van der Waals surface area contributed by atoms with Gasteiger partial charge >= 0.3 is 0 Å². The summed E-state index contributed by atoms with van der Waals surface area (Å²) < 4.78 is 0. The summed E-state index contributed by atoms with van der Waals surface area (Å²) in [7, 11) is 0. The van der Waals surface area contributed by atoms with E-state index in [1.165, 1.54) is 214 Å². The van der Waals surface area contributed by atoms with Gasteiger partial charge in [-0.25, -0.2) is 0 Å². The molecule has 1 aromatic rings. The molecular formula is C58H110. The van der Waals surface area contributed by atoms with Crippen molar-refractivity contribution in [1.82, 2.24) is 0 Å². The van der Waals surface area contributed by atoms with E-state index in [2.05, 4.69) is 93.5 Å². The van der Waals surface area contributed by atoms with Crippen LogP contribution in [0.4, 0.5) is 0 Å². The Labute approximate surface area is 369 Å². The van der Waals surface area contributed by atoms with E-state index in [1.54, 1.807) is 5.57 Å². The lowest BCUT2D eigenvalue weighted by molar-refractivity contribution is 0.352. The molecule has 0 aromatic heterocycles. The topological polar surface area (TPSA) is 0 Å². The highest BCUT2D eigenvalue weighted by molar-refractivity contribution is 5.70. The average molecular weight is 808 g/mol. The normalized spacial score (nSPS) is 15.4. The van der Waals surface area contributed by atoms with Gasteiger partial charge in [0.2, 0.25) is 0 Å². The molecule has 2 atom stereocenters. The maximum Gasteiger partial charge on any atom is -0.0165 e.